The largest absolute Gasteiger partial charge is 0.462 e. The van der Waals surface area contributed by atoms with Gasteiger partial charge in [0.1, 0.15) is 36.8 Å². The molecule has 1 aliphatic rings. The molecule has 6 atom stereocenters. The quantitative estimate of drug-likeness (QED) is 0.0197. The van der Waals surface area contributed by atoms with Crippen LogP contribution in [0, 0.1) is 0 Å². The highest BCUT2D eigenvalue weighted by Crippen LogP contribution is 2.24. The zero-order valence-corrected chi connectivity index (χ0v) is 39.4. The van der Waals surface area contributed by atoms with Gasteiger partial charge in [-0.1, -0.05) is 187 Å². The molecule has 61 heavy (non-hydrogen) atoms. The molecule has 0 aliphatic carbocycles. The van der Waals surface area contributed by atoms with Crippen LogP contribution in [-0.4, -0.2) is 96.0 Å². The summed E-state index contributed by atoms with van der Waals surface area (Å²) in [5.41, 5.74) is 0. The van der Waals surface area contributed by atoms with Gasteiger partial charge in [-0.05, 0) is 38.5 Å². The number of carbonyl (C=O) groups is 2. The third kappa shape index (κ3) is 33.6. The number of ether oxygens (including phenoxy) is 4. The number of allylic oxidation sites excluding steroid dienone is 2. The van der Waals surface area contributed by atoms with Crippen molar-refractivity contribution in [2.45, 2.75) is 263 Å². The molecule has 0 aromatic heterocycles. The van der Waals surface area contributed by atoms with E-state index < -0.39 is 71.2 Å². The summed E-state index contributed by atoms with van der Waals surface area (Å²) in [4.78, 5) is 25.4. The maximum atomic E-state index is 12.8. The Morgan fingerprint density at radius 3 is 1.36 bits per heavy atom. The number of aliphatic hydroxyl groups excluding tert-OH is 3. The Hall–Kier alpha value is -1.61. The van der Waals surface area contributed by atoms with Crippen molar-refractivity contribution in [3.8, 4) is 0 Å². The third-order valence-corrected chi connectivity index (χ3v) is 12.3. The van der Waals surface area contributed by atoms with Gasteiger partial charge in [0.2, 0.25) is 0 Å². The smallest absolute Gasteiger partial charge is 0.306 e. The maximum Gasteiger partial charge on any atom is 0.306 e. The van der Waals surface area contributed by atoms with Gasteiger partial charge in [-0.3, -0.25) is 14.1 Å². The molecule has 0 amide bonds. The Kier molecular flexibility index (Phi) is 36.5. The van der Waals surface area contributed by atoms with Gasteiger partial charge < -0.3 is 34.3 Å². The first-order valence-electron chi connectivity index (χ1n) is 24.7. The Bertz CT molecular complexity index is 1180. The molecule has 0 bridgehead atoms. The molecule has 360 valence electrons. The Balaban J connectivity index is 2.36. The van der Waals surface area contributed by atoms with Crippen molar-refractivity contribution in [2.75, 3.05) is 19.0 Å². The highest BCUT2D eigenvalue weighted by atomic mass is 32.2. The van der Waals surface area contributed by atoms with Gasteiger partial charge in [0.05, 0.1) is 6.61 Å². The molecule has 1 rings (SSSR count). The number of unbranched alkanes of at least 4 members (excludes halogenated alkanes) is 28. The van der Waals surface area contributed by atoms with E-state index in [-0.39, 0.29) is 19.4 Å². The molecule has 13 heteroatoms. The van der Waals surface area contributed by atoms with Crippen LogP contribution >= 0.6 is 0 Å². The molecule has 0 spiro atoms. The van der Waals surface area contributed by atoms with Gasteiger partial charge in [-0.25, -0.2) is 0 Å². The average Bonchev–Trinajstić information content (AvgIpc) is 3.22. The maximum absolute atomic E-state index is 12.8. The molecule has 0 saturated carbocycles. The second-order valence-corrected chi connectivity index (χ2v) is 19.0. The van der Waals surface area contributed by atoms with Crippen molar-refractivity contribution in [3.05, 3.63) is 12.2 Å². The first-order chi connectivity index (χ1) is 29.5. The van der Waals surface area contributed by atoms with Crippen molar-refractivity contribution < 1.29 is 56.8 Å². The van der Waals surface area contributed by atoms with Crippen LogP contribution in [0.4, 0.5) is 0 Å². The predicted octanol–water partition coefficient (Wildman–Crippen LogP) is 10.6. The van der Waals surface area contributed by atoms with Gasteiger partial charge in [0.25, 0.3) is 10.1 Å². The summed E-state index contributed by atoms with van der Waals surface area (Å²) in [7, 11) is -4.60. The van der Waals surface area contributed by atoms with Crippen LogP contribution < -0.4 is 0 Å². The number of esters is 2. The van der Waals surface area contributed by atoms with E-state index in [0.29, 0.717) is 12.8 Å². The number of hydrogen-bond acceptors (Lipinski definition) is 11. The lowest BCUT2D eigenvalue weighted by atomic mass is 10.00. The van der Waals surface area contributed by atoms with Crippen molar-refractivity contribution in [1.82, 2.24) is 0 Å². The minimum absolute atomic E-state index is 0.168. The fraction of sp³-hybridized carbons (Fsp3) is 0.917. The van der Waals surface area contributed by atoms with E-state index in [0.717, 1.165) is 38.5 Å². The number of carbonyl (C=O) groups excluding carboxylic acids is 2. The molecule has 12 nitrogen and oxygen atoms in total. The number of hydrogen-bond donors (Lipinski definition) is 4. The second kappa shape index (κ2) is 38.8. The van der Waals surface area contributed by atoms with Gasteiger partial charge in [0.15, 0.2) is 12.4 Å². The van der Waals surface area contributed by atoms with Gasteiger partial charge >= 0.3 is 11.9 Å². The summed E-state index contributed by atoms with van der Waals surface area (Å²) in [6.45, 7) is 3.78. The monoisotopic (exact) mass is 891 g/mol. The molecule has 1 aliphatic heterocycles. The van der Waals surface area contributed by atoms with Crippen molar-refractivity contribution in [2.24, 2.45) is 0 Å². The van der Waals surface area contributed by atoms with Crippen LogP contribution in [0.1, 0.15) is 226 Å². The fourth-order valence-corrected chi connectivity index (χ4v) is 8.42. The van der Waals surface area contributed by atoms with Crippen LogP contribution in [0.25, 0.3) is 0 Å². The van der Waals surface area contributed by atoms with Crippen molar-refractivity contribution in [1.29, 1.82) is 0 Å². The number of rotatable bonds is 42. The molecular formula is C48H90O12S. The minimum atomic E-state index is -4.60. The molecule has 1 fully saturated rings. The molecular weight excluding hydrogens is 801 g/mol. The minimum Gasteiger partial charge on any atom is -0.462 e. The molecule has 0 radical (unpaired) electrons. The van der Waals surface area contributed by atoms with Crippen LogP contribution in [0.5, 0.6) is 0 Å². The van der Waals surface area contributed by atoms with Gasteiger partial charge in [0, 0.05) is 12.8 Å². The normalized spacial score (nSPS) is 20.0. The van der Waals surface area contributed by atoms with Crippen LogP contribution in [0.3, 0.4) is 0 Å². The van der Waals surface area contributed by atoms with E-state index in [2.05, 4.69) is 26.0 Å². The predicted molar refractivity (Wildman–Crippen MR) is 243 cm³/mol. The van der Waals surface area contributed by atoms with E-state index in [1.54, 1.807) is 0 Å². The van der Waals surface area contributed by atoms with E-state index in [1.807, 2.05) is 0 Å². The fourth-order valence-electron chi connectivity index (χ4n) is 7.73. The summed E-state index contributed by atoms with van der Waals surface area (Å²) in [5, 5.41) is 30.9. The van der Waals surface area contributed by atoms with Crippen LogP contribution in [-0.2, 0) is 38.7 Å². The lowest BCUT2D eigenvalue weighted by Gasteiger charge is -2.40. The Labute approximate surface area is 371 Å². The van der Waals surface area contributed by atoms with Crippen LogP contribution in [0.15, 0.2) is 12.2 Å². The topological polar surface area (TPSA) is 186 Å². The highest BCUT2D eigenvalue weighted by molar-refractivity contribution is 7.85. The van der Waals surface area contributed by atoms with Crippen LogP contribution in [0.2, 0.25) is 0 Å². The lowest BCUT2D eigenvalue weighted by molar-refractivity contribution is -0.297. The first-order valence-corrected chi connectivity index (χ1v) is 26.4. The summed E-state index contributed by atoms with van der Waals surface area (Å²) in [5.74, 6) is -1.97. The van der Waals surface area contributed by atoms with Gasteiger partial charge in [-0.15, -0.1) is 0 Å². The van der Waals surface area contributed by atoms with E-state index in [9.17, 15) is 37.9 Å². The standard InChI is InChI=1S/C48H90O12S/c1-3-5-7-9-11-13-15-17-18-19-20-21-22-23-24-25-27-29-31-33-35-37-44(50)59-41(39-58-48-47(53)46(52)45(51)42(60-48)40-61(54,55)56)38-57-43(49)36-34-32-30-28-26-16-14-12-10-8-6-4-2/h17-18,41-42,45-48,51-53H,3-16,19-40H2,1-2H3,(H,54,55,56)/b18-17+/t41-,42-,45-,46?,47?,48+/m1/s1. The molecule has 2 unspecified atom stereocenters. The van der Waals surface area contributed by atoms with E-state index >= 15 is 0 Å². The molecule has 1 heterocycles. The zero-order valence-electron chi connectivity index (χ0n) is 38.5. The summed E-state index contributed by atoms with van der Waals surface area (Å²) < 4.78 is 54.1. The first kappa shape index (κ1) is 57.4. The molecule has 0 aromatic rings. The lowest BCUT2D eigenvalue weighted by Crippen LogP contribution is -2.60. The second-order valence-electron chi connectivity index (χ2n) is 17.5. The molecule has 1 saturated heterocycles. The average molecular weight is 891 g/mol. The molecule has 0 aromatic carbocycles. The molecule has 4 N–H and O–H groups in total. The summed E-state index contributed by atoms with van der Waals surface area (Å²) in [6, 6.07) is 0. The SMILES string of the molecule is CCCCCCCC/C=C/CCCCCCCCCCCCCC(=O)O[C@H](COC(=O)CCCCCCCCCCCCCC)CO[C@H]1O[C@H](CS(=O)(=O)O)[C@@H](O)C(O)C1O. The van der Waals surface area contributed by atoms with E-state index in [1.165, 1.54) is 148 Å². The Morgan fingerprint density at radius 2 is 0.934 bits per heavy atom. The summed E-state index contributed by atoms with van der Waals surface area (Å²) in [6.07, 6.45) is 32.6. The van der Waals surface area contributed by atoms with Gasteiger partial charge in [-0.2, -0.15) is 8.42 Å². The Morgan fingerprint density at radius 1 is 0.541 bits per heavy atom. The summed E-state index contributed by atoms with van der Waals surface area (Å²) >= 11 is 0. The third-order valence-electron chi connectivity index (χ3n) is 11.6. The number of aliphatic hydroxyl groups is 3. The van der Waals surface area contributed by atoms with Crippen molar-refractivity contribution in [3.63, 3.8) is 0 Å². The van der Waals surface area contributed by atoms with Crippen molar-refractivity contribution >= 4 is 22.1 Å². The zero-order chi connectivity index (χ0) is 44.8. The highest BCUT2D eigenvalue weighted by Gasteiger charge is 2.46. The van der Waals surface area contributed by atoms with E-state index in [4.69, 9.17) is 18.9 Å².